The highest BCUT2D eigenvalue weighted by molar-refractivity contribution is 6.36. The molecule has 40 heavy (non-hydrogen) atoms. The number of alkyl halides is 3. The predicted octanol–water partition coefficient (Wildman–Crippen LogP) is 4.76. The molecule has 0 atom stereocenters. The summed E-state index contributed by atoms with van der Waals surface area (Å²) in [6.45, 7) is 3.12. The third kappa shape index (κ3) is 4.84. The van der Waals surface area contributed by atoms with Gasteiger partial charge in [0.1, 0.15) is 17.3 Å². The van der Waals surface area contributed by atoms with Crippen molar-refractivity contribution in [3.05, 3.63) is 89.3 Å². The van der Waals surface area contributed by atoms with E-state index >= 15 is 0 Å². The molecule has 0 unspecified atom stereocenters. The van der Waals surface area contributed by atoms with Crippen LogP contribution in [0.5, 0.6) is 0 Å². The second-order valence-electron chi connectivity index (χ2n) is 9.01. The molecule has 13 heteroatoms. The van der Waals surface area contributed by atoms with Crippen molar-refractivity contribution in [1.29, 1.82) is 0 Å². The number of aliphatic imine (C=N–C) groups is 1. The number of nitrogens with zero attached hydrogens (tertiary/aromatic N) is 7. The number of benzene rings is 1. The highest BCUT2D eigenvalue weighted by Crippen LogP contribution is 2.37. The van der Waals surface area contributed by atoms with Crippen LogP contribution in [-0.4, -0.2) is 49.8 Å². The number of aryl methyl sites for hydroxylation is 1. The van der Waals surface area contributed by atoms with Gasteiger partial charge in [0.25, 0.3) is 5.91 Å². The molecule has 2 aliphatic rings. The van der Waals surface area contributed by atoms with E-state index in [9.17, 15) is 18.0 Å². The van der Waals surface area contributed by atoms with Gasteiger partial charge in [-0.2, -0.15) is 18.2 Å². The summed E-state index contributed by atoms with van der Waals surface area (Å²) in [5.74, 6) is 1.55. The molecule has 1 aromatic carbocycles. The number of nitrogens with one attached hydrogen (secondary N) is 2. The van der Waals surface area contributed by atoms with Crippen LogP contribution in [0.3, 0.4) is 0 Å². The van der Waals surface area contributed by atoms with Crippen LogP contribution in [-0.2, 0) is 6.18 Å². The molecule has 0 spiro atoms. The molecule has 2 N–H and O–H groups in total. The maximum Gasteiger partial charge on any atom is 0.416 e. The molecule has 0 saturated heterocycles. The number of carbonyl (C=O) groups excluding carboxylic acids is 1. The van der Waals surface area contributed by atoms with E-state index in [1.165, 1.54) is 0 Å². The third-order valence-corrected chi connectivity index (χ3v) is 6.34. The molecule has 6 rings (SSSR count). The average Bonchev–Trinajstić information content (AvgIpc) is 3.45. The first-order valence-electron chi connectivity index (χ1n) is 12.2. The topological polar surface area (TPSA) is 121 Å². The van der Waals surface area contributed by atoms with Crippen molar-refractivity contribution in [2.24, 2.45) is 4.99 Å². The van der Waals surface area contributed by atoms with Crippen LogP contribution in [0, 0.1) is 6.92 Å². The van der Waals surface area contributed by atoms with E-state index in [-0.39, 0.29) is 5.69 Å². The number of halogens is 3. The van der Waals surface area contributed by atoms with Gasteiger partial charge in [-0.05, 0) is 48.4 Å². The number of hydrogen-bond donors (Lipinski definition) is 2. The van der Waals surface area contributed by atoms with Crippen molar-refractivity contribution in [2.75, 3.05) is 28.6 Å². The van der Waals surface area contributed by atoms with Crippen molar-refractivity contribution < 1.29 is 18.0 Å². The van der Waals surface area contributed by atoms with Crippen LogP contribution >= 0.6 is 0 Å². The lowest BCUT2D eigenvalue weighted by Crippen LogP contribution is -2.32. The number of amidine groups is 1. The van der Waals surface area contributed by atoms with Crippen molar-refractivity contribution >= 4 is 46.7 Å². The summed E-state index contributed by atoms with van der Waals surface area (Å²) in [4.78, 5) is 40.6. The number of amides is 1. The van der Waals surface area contributed by atoms with Crippen LogP contribution in [0.25, 0.3) is 11.6 Å². The molecule has 4 aromatic rings. The zero-order valence-electron chi connectivity index (χ0n) is 20.9. The first kappa shape index (κ1) is 25.1. The Balaban J connectivity index is 1.31. The minimum absolute atomic E-state index is 0.336. The highest BCUT2D eigenvalue weighted by atomic mass is 19.4. The minimum Gasteiger partial charge on any atom is -0.321 e. The van der Waals surface area contributed by atoms with Crippen molar-refractivity contribution in [3.63, 3.8) is 0 Å². The Morgan fingerprint density at radius 2 is 1.90 bits per heavy atom. The second-order valence-corrected chi connectivity index (χ2v) is 9.01. The molecule has 0 saturated carbocycles. The molecule has 1 amide bonds. The van der Waals surface area contributed by atoms with Crippen molar-refractivity contribution in [3.8, 4) is 0 Å². The van der Waals surface area contributed by atoms with Gasteiger partial charge >= 0.3 is 6.18 Å². The van der Waals surface area contributed by atoms with Gasteiger partial charge in [-0.25, -0.2) is 9.97 Å². The molecule has 5 heterocycles. The third-order valence-electron chi connectivity index (χ3n) is 6.34. The van der Waals surface area contributed by atoms with Gasteiger partial charge in [0.15, 0.2) is 5.82 Å². The number of rotatable bonds is 5. The maximum atomic E-state index is 13.1. The molecule has 0 fully saturated rings. The van der Waals surface area contributed by atoms with Crippen LogP contribution in [0.2, 0.25) is 0 Å². The normalized spacial score (nSPS) is 14.2. The second kappa shape index (κ2) is 9.84. The molecule has 2 aliphatic heterocycles. The first-order valence-corrected chi connectivity index (χ1v) is 12.2. The van der Waals surface area contributed by atoms with Crippen LogP contribution in [0.1, 0.15) is 32.7 Å². The largest absolute Gasteiger partial charge is 0.416 e. The maximum absolute atomic E-state index is 13.1. The average molecular weight is 544 g/mol. The fraction of sp³-hybridized carbons (Fsp3) is 0.148. The van der Waals surface area contributed by atoms with Crippen LogP contribution in [0.15, 0.2) is 66.3 Å². The van der Waals surface area contributed by atoms with E-state index in [0.717, 1.165) is 46.4 Å². The van der Waals surface area contributed by atoms with Crippen LogP contribution in [0.4, 0.5) is 36.4 Å². The summed E-state index contributed by atoms with van der Waals surface area (Å²) < 4.78 is 39.3. The number of anilines is 4. The monoisotopic (exact) mass is 543 g/mol. The lowest BCUT2D eigenvalue weighted by molar-refractivity contribution is -0.137. The Bertz CT molecular complexity index is 1690. The number of carbonyl (C=O) groups is 1. The molecule has 0 radical (unpaired) electrons. The molecule has 3 aromatic heterocycles. The fourth-order valence-electron chi connectivity index (χ4n) is 4.46. The molecular formula is C27H20F3N9O. The van der Waals surface area contributed by atoms with Crippen molar-refractivity contribution in [2.45, 2.75) is 13.1 Å². The summed E-state index contributed by atoms with van der Waals surface area (Å²) in [6, 6.07) is 6.82. The van der Waals surface area contributed by atoms with Crippen LogP contribution < -0.4 is 15.5 Å². The van der Waals surface area contributed by atoms with E-state index < -0.39 is 17.6 Å². The van der Waals surface area contributed by atoms with Gasteiger partial charge in [0.2, 0.25) is 5.95 Å². The molecule has 200 valence electrons. The Labute approximate surface area is 225 Å². The summed E-state index contributed by atoms with van der Waals surface area (Å²) in [7, 11) is 0. The van der Waals surface area contributed by atoms with Gasteiger partial charge in [0.05, 0.1) is 18.3 Å². The van der Waals surface area contributed by atoms with Gasteiger partial charge in [-0.3, -0.25) is 19.8 Å². The molecule has 0 bridgehead atoms. The number of pyridine rings is 1. The first-order chi connectivity index (χ1) is 19.3. The van der Waals surface area contributed by atoms with Crippen molar-refractivity contribution in [1.82, 2.24) is 24.9 Å². The van der Waals surface area contributed by atoms with E-state index in [1.54, 1.807) is 36.9 Å². The zero-order chi connectivity index (χ0) is 27.9. The Morgan fingerprint density at radius 1 is 1.02 bits per heavy atom. The summed E-state index contributed by atoms with van der Waals surface area (Å²) in [5.41, 5.74) is 2.43. The predicted molar refractivity (Wildman–Crippen MR) is 143 cm³/mol. The standard InChI is InChI=1S/C27H20F3N9O/c1-15-2-3-18(36-25(40)21-11-17(4-5-32-21)27(28,29)30)12-19(15)20-10-16-13-35-26(37-22-14-31-6-7-33-22)38-23(16)39-9-8-34-24(20)39/h2-7,10-14H,8-9H2,1H3,(H,36,40)(H,33,35,37,38). The van der Waals surface area contributed by atoms with E-state index in [0.29, 0.717) is 36.4 Å². The zero-order valence-corrected chi connectivity index (χ0v) is 20.9. The van der Waals surface area contributed by atoms with Gasteiger partial charge in [-0.15, -0.1) is 0 Å². The van der Waals surface area contributed by atoms with E-state index in [4.69, 9.17) is 4.99 Å². The Kier molecular flexibility index (Phi) is 6.17. The summed E-state index contributed by atoms with van der Waals surface area (Å²) >= 11 is 0. The lowest BCUT2D eigenvalue weighted by atomic mass is 9.94. The van der Waals surface area contributed by atoms with E-state index in [2.05, 4.69) is 35.6 Å². The van der Waals surface area contributed by atoms with Gasteiger partial charge in [0, 0.05) is 48.2 Å². The molecule has 0 aliphatic carbocycles. The molecular weight excluding hydrogens is 523 g/mol. The van der Waals surface area contributed by atoms with E-state index in [1.807, 2.05) is 24.0 Å². The Morgan fingerprint density at radius 3 is 2.70 bits per heavy atom. The number of hydrogen-bond acceptors (Lipinski definition) is 9. The SMILES string of the molecule is Cc1ccc(NC(=O)c2cc(C(F)(F)F)ccn2)cc1C1=Cc2cnc(Nc3cnccn3)nc2N2CCN=C12. The van der Waals surface area contributed by atoms with Gasteiger partial charge < -0.3 is 15.5 Å². The quantitative estimate of drug-likeness (QED) is 0.370. The summed E-state index contributed by atoms with van der Waals surface area (Å²) in [6.07, 6.45) is 4.73. The lowest BCUT2D eigenvalue weighted by Gasteiger charge is -2.28. The smallest absolute Gasteiger partial charge is 0.321 e. The number of aromatic nitrogens is 5. The highest BCUT2D eigenvalue weighted by Gasteiger charge is 2.32. The summed E-state index contributed by atoms with van der Waals surface area (Å²) in [5, 5.41) is 5.71. The Hall–Kier alpha value is -5.20. The van der Waals surface area contributed by atoms with Gasteiger partial charge in [-0.1, -0.05) is 6.07 Å². The fourth-order valence-corrected chi connectivity index (χ4v) is 4.46. The molecule has 10 nitrogen and oxygen atoms in total. The minimum atomic E-state index is -4.58. The number of fused-ring (bicyclic) bond motifs is 3.